The van der Waals surface area contributed by atoms with Crippen LogP contribution in [0.2, 0.25) is 0 Å². The molecule has 162 valence electrons. The highest BCUT2D eigenvalue weighted by Gasteiger charge is 2.34. The molecule has 2 aromatic rings. The number of carbonyl (C=O) groups is 1. The van der Waals surface area contributed by atoms with Crippen molar-refractivity contribution in [1.82, 2.24) is 0 Å². The lowest BCUT2D eigenvalue weighted by atomic mass is 9.90. The Labute approximate surface area is 170 Å². The highest BCUT2D eigenvalue weighted by Crippen LogP contribution is 2.29. The zero-order chi connectivity index (χ0) is 21.8. The standard InChI is InChI=1S/C21H20F4O5/c1-20(11-27-12-20)13-28-15-5-2-14(3-6-15)4-9-19(26)29-16-7-8-18(17(22)10-16)30-21(23,24)25/h2-3,5-8,10H,4,9,11-13H2,1H3. The molecule has 0 N–H and O–H groups in total. The summed E-state index contributed by atoms with van der Waals surface area (Å²) in [5, 5.41) is 0. The van der Waals surface area contributed by atoms with Gasteiger partial charge in [0.15, 0.2) is 11.6 Å². The first-order valence-corrected chi connectivity index (χ1v) is 9.17. The van der Waals surface area contributed by atoms with Gasteiger partial charge in [-0.05, 0) is 36.2 Å². The molecule has 1 heterocycles. The molecule has 3 rings (SSSR count). The summed E-state index contributed by atoms with van der Waals surface area (Å²) in [6.45, 7) is 3.99. The fourth-order valence-corrected chi connectivity index (χ4v) is 2.73. The third-order valence-electron chi connectivity index (χ3n) is 4.39. The van der Waals surface area contributed by atoms with Gasteiger partial charge in [0.1, 0.15) is 11.5 Å². The highest BCUT2D eigenvalue weighted by molar-refractivity contribution is 5.72. The van der Waals surface area contributed by atoms with Gasteiger partial charge in [0.25, 0.3) is 0 Å². The van der Waals surface area contributed by atoms with Crippen molar-refractivity contribution in [2.75, 3.05) is 19.8 Å². The molecule has 5 nitrogen and oxygen atoms in total. The average Bonchev–Trinajstić information content (AvgIpc) is 2.65. The summed E-state index contributed by atoms with van der Waals surface area (Å²) in [6, 6.07) is 9.70. The third-order valence-corrected chi connectivity index (χ3v) is 4.39. The van der Waals surface area contributed by atoms with Crippen LogP contribution in [0.4, 0.5) is 17.6 Å². The second-order valence-electron chi connectivity index (χ2n) is 7.35. The predicted octanol–water partition coefficient (Wildman–Crippen LogP) is 4.68. The maximum Gasteiger partial charge on any atom is 0.573 e. The van der Waals surface area contributed by atoms with Gasteiger partial charge in [-0.1, -0.05) is 19.1 Å². The van der Waals surface area contributed by atoms with Crippen molar-refractivity contribution >= 4 is 5.97 Å². The molecule has 1 fully saturated rings. The number of benzene rings is 2. The van der Waals surface area contributed by atoms with Crippen LogP contribution in [0.5, 0.6) is 17.2 Å². The normalized spacial score (nSPS) is 15.2. The number of hydrogen-bond acceptors (Lipinski definition) is 5. The molecule has 0 amide bonds. The van der Waals surface area contributed by atoms with Crippen molar-refractivity contribution in [3.05, 3.63) is 53.8 Å². The molecule has 0 spiro atoms. The zero-order valence-corrected chi connectivity index (χ0v) is 16.1. The minimum Gasteiger partial charge on any atom is -0.493 e. The summed E-state index contributed by atoms with van der Waals surface area (Å²) < 4.78 is 69.5. The Hall–Kier alpha value is -2.81. The number of halogens is 4. The molecular weight excluding hydrogens is 408 g/mol. The number of carbonyl (C=O) groups excluding carboxylic acids is 1. The fourth-order valence-electron chi connectivity index (χ4n) is 2.73. The summed E-state index contributed by atoms with van der Waals surface area (Å²) in [6.07, 6.45) is -4.62. The van der Waals surface area contributed by atoms with Gasteiger partial charge in [-0.25, -0.2) is 4.39 Å². The molecule has 0 unspecified atom stereocenters. The van der Waals surface area contributed by atoms with E-state index in [1.807, 2.05) is 12.1 Å². The summed E-state index contributed by atoms with van der Waals surface area (Å²) in [4.78, 5) is 11.9. The Morgan fingerprint density at radius 2 is 1.77 bits per heavy atom. The van der Waals surface area contributed by atoms with Gasteiger partial charge in [-0.3, -0.25) is 4.79 Å². The summed E-state index contributed by atoms with van der Waals surface area (Å²) in [5.74, 6) is -2.41. The first kappa shape index (κ1) is 21.9. The average molecular weight is 428 g/mol. The molecule has 0 aliphatic carbocycles. The quantitative estimate of drug-likeness (QED) is 0.347. The second-order valence-corrected chi connectivity index (χ2v) is 7.35. The second kappa shape index (κ2) is 8.91. The number of ether oxygens (including phenoxy) is 4. The summed E-state index contributed by atoms with van der Waals surface area (Å²) in [5.41, 5.74) is 0.913. The number of rotatable bonds is 8. The van der Waals surface area contributed by atoms with Crippen LogP contribution in [-0.2, 0) is 16.0 Å². The van der Waals surface area contributed by atoms with Gasteiger partial charge in [0.05, 0.1) is 19.8 Å². The smallest absolute Gasteiger partial charge is 0.493 e. The molecule has 1 aliphatic rings. The molecule has 30 heavy (non-hydrogen) atoms. The molecule has 1 saturated heterocycles. The Morgan fingerprint density at radius 1 is 1.10 bits per heavy atom. The van der Waals surface area contributed by atoms with E-state index in [-0.39, 0.29) is 17.6 Å². The van der Waals surface area contributed by atoms with E-state index in [0.717, 1.165) is 17.7 Å². The lowest BCUT2D eigenvalue weighted by molar-refractivity contribution is -0.275. The number of alkyl halides is 3. The maximum absolute atomic E-state index is 13.6. The Bertz CT molecular complexity index is 876. The fraction of sp³-hybridized carbons (Fsp3) is 0.381. The van der Waals surface area contributed by atoms with E-state index >= 15 is 0 Å². The van der Waals surface area contributed by atoms with Gasteiger partial charge in [-0.2, -0.15) is 0 Å². The Morgan fingerprint density at radius 3 is 2.33 bits per heavy atom. The van der Waals surface area contributed by atoms with E-state index in [2.05, 4.69) is 11.7 Å². The van der Waals surface area contributed by atoms with Crippen molar-refractivity contribution < 1.29 is 41.3 Å². The lowest BCUT2D eigenvalue weighted by Crippen LogP contribution is -2.44. The van der Waals surface area contributed by atoms with Crippen LogP contribution in [0.15, 0.2) is 42.5 Å². The van der Waals surface area contributed by atoms with Crippen LogP contribution in [0.1, 0.15) is 18.9 Å². The Balaban J connectivity index is 1.45. The van der Waals surface area contributed by atoms with Crippen molar-refractivity contribution in [1.29, 1.82) is 0 Å². The third kappa shape index (κ3) is 6.35. The Kier molecular flexibility index (Phi) is 6.50. The molecule has 9 heteroatoms. The van der Waals surface area contributed by atoms with E-state index in [9.17, 15) is 22.4 Å². The topological polar surface area (TPSA) is 54.0 Å². The van der Waals surface area contributed by atoms with Crippen LogP contribution < -0.4 is 14.2 Å². The van der Waals surface area contributed by atoms with E-state index in [1.54, 1.807) is 12.1 Å². The maximum atomic E-state index is 13.6. The molecule has 0 aromatic heterocycles. The SMILES string of the molecule is CC1(COc2ccc(CCC(=O)Oc3ccc(OC(F)(F)F)c(F)c3)cc2)COC1. The van der Waals surface area contributed by atoms with Gasteiger partial charge in [0, 0.05) is 17.9 Å². The molecule has 0 bridgehead atoms. The van der Waals surface area contributed by atoms with E-state index in [0.29, 0.717) is 38.1 Å². The minimum atomic E-state index is -5.01. The number of esters is 1. The van der Waals surface area contributed by atoms with Gasteiger partial charge >= 0.3 is 12.3 Å². The largest absolute Gasteiger partial charge is 0.573 e. The van der Waals surface area contributed by atoms with Crippen LogP contribution in [0.25, 0.3) is 0 Å². The van der Waals surface area contributed by atoms with Gasteiger partial charge < -0.3 is 18.9 Å². The van der Waals surface area contributed by atoms with Gasteiger partial charge in [0.2, 0.25) is 0 Å². The molecule has 0 atom stereocenters. The van der Waals surface area contributed by atoms with Crippen LogP contribution >= 0.6 is 0 Å². The molecule has 0 radical (unpaired) electrons. The molecular formula is C21H20F4O5. The van der Waals surface area contributed by atoms with Gasteiger partial charge in [-0.15, -0.1) is 13.2 Å². The first-order chi connectivity index (χ1) is 14.1. The highest BCUT2D eigenvalue weighted by atomic mass is 19.4. The van der Waals surface area contributed by atoms with Crippen molar-refractivity contribution in [3.8, 4) is 17.2 Å². The summed E-state index contributed by atoms with van der Waals surface area (Å²) >= 11 is 0. The van der Waals surface area contributed by atoms with Crippen LogP contribution in [-0.4, -0.2) is 32.2 Å². The number of hydrogen-bond donors (Lipinski definition) is 0. The predicted molar refractivity (Wildman–Crippen MR) is 97.9 cm³/mol. The van der Waals surface area contributed by atoms with E-state index in [1.165, 1.54) is 0 Å². The van der Waals surface area contributed by atoms with Crippen molar-refractivity contribution in [2.45, 2.75) is 26.1 Å². The monoisotopic (exact) mass is 428 g/mol. The molecule has 2 aromatic carbocycles. The van der Waals surface area contributed by atoms with E-state index in [4.69, 9.17) is 14.2 Å². The first-order valence-electron chi connectivity index (χ1n) is 9.17. The van der Waals surface area contributed by atoms with Crippen molar-refractivity contribution in [2.24, 2.45) is 5.41 Å². The van der Waals surface area contributed by atoms with Crippen molar-refractivity contribution in [3.63, 3.8) is 0 Å². The minimum absolute atomic E-state index is 0.0119. The zero-order valence-electron chi connectivity index (χ0n) is 16.1. The lowest BCUT2D eigenvalue weighted by Gasteiger charge is -2.37. The van der Waals surface area contributed by atoms with Crippen LogP contribution in [0.3, 0.4) is 0 Å². The molecule has 0 saturated carbocycles. The van der Waals surface area contributed by atoms with Crippen LogP contribution in [0, 0.1) is 11.2 Å². The number of aryl methyl sites for hydroxylation is 1. The summed E-state index contributed by atoms with van der Waals surface area (Å²) in [7, 11) is 0. The van der Waals surface area contributed by atoms with E-state index < -0.39 is 23.9 Å². The molecule has 1 aliphatic heterocycles.